The van der Waals surface area contributed by atoms with Crippen LogP contribution >= 0.6 is 0 Å². The van der Waals surface area contributed by atoms with Gasteiger partial charge in [0.25, 0.3) is 0 Å². The Labute approximate surface area is 156 Å². The Hall–Kier alpha value is -2.24. The Balaban J connectivity index is 1.92. The summed E-state index contributed by atoms with van der Waals surface area (Å²) in [5, 5.41) is 4.62. The van der Waals surface area contributed by atoms with Crippen LogP contribution in [0.25, 0.3) is 22.4 Å². The quantitative estimate of drug-likeness (QED) is 0.425. The number of rotatable bonds is 7. The minimum absolute atomic E-state index is 0.459. The fourth-order valence-corrected chi connectivity index (χ4v) is 3.65. The summed E-state index contributed by atoms with van der Waals surface area (Å²) < 4.78 is 7.90. The highest BCUT2D eigenvalue weighted by atomic mass is 28.3. The molecule has 0 aliphatic heterocycles. The molecule has 0 spiro atoms. The van der Waals surface area contributed by atoms with Crippen molar-refractivity contribution in [3.05, 3.63) is 60.6 Å². The third-order valence-electron chi connectivity index (χ3n) is 4.42. The van der Waals surface area contributed by atoms with E-state index in [2.05, 4.69) is 67.0 Å². The van der Waals surface area contributed by atoms with Gasteiger partial charge in [0, 0.05) is 38.2 Å². The summed E-state index contributed by atoms with van der Waals surface area (Å²) in [7, 11) is -1.09. The first-order valence-corrected chi connectivity index (χ1v) is 12.8. The predicted octanol–water partition coefficient (Wildman–Crippen LogP) is 5.23. The first-order valence-electron chi connectivity index (χ1n) is 9.06. The topological polar surface area (TPSA) is 39.9 Å². The van der Waals surface area contributed by atoms with Crippen LogP contribution in [0, 0.1) is 6.92 Å². The monoisotopic (exact) mass is 365 g/mol. The van der Waals surface area contributed by atoms with Gasteiger partial charge in [0.15, 0.2) is 0 Å². The molecule has 0 fully saturated rings. The predicted molar refractivity (Wildman–Crippen MR) is 110 cm³/mol. The molecule has 3 rings (SSSR count). The highest BCUT2D eigenvalue weighted by Gasteiger charge is 2.17. The highest BCUT2D eigenvalue weighted by molar-refractivity contribution is 6.76. The van der Waals surface area contributed by atoms with Gasteiger partial charge in [-0.2, -0.15) is 5.10 Å². The number of benzene rings is 1. The molecule has 0 N–H and O–H groups in total. The van der Waals surface area contributed by atoms with Gasteiger partial charge in [-0.05, 0) is 36.2 Å². The Bertz CT molecular complexity index is 853. The van der Waals surface area contributed by atoms with Gasteiger partial charge in [-0.1, -0.05) is 43.9 Å². The van der Waals surface area contributed by atoms with Crippen LogP contribution in [0.1, 0.15) is 5.56 Å². The Kier molecular flexibility index (Phi) is 5.69. The minimum Gasteiger partial charge on any atom is -0.360 e. The zero-order chi connectivity index (χ0) is 18.6. The fourth-order valence-electron chi connectivity index (χ4n) is 2.89. The van der Waals surface area contributed by atoms with Crippen LogP contribution < -0.4 is 0 Å². The van der Waals surface area contributed by atoms with E-state index in [1.165, 1.54) is 11.1 Å². The molecule has 0 saturated heterocycles. The van der Waals surface area contributed by atoms with Crippen molar-refractivity contribution in [3.63, 3.8) is 0 Å². The molecule has 0 atom stereocenters. The van der Waals surface area contributed by atoms with Crippen LogP contribution in [-0.2, 0) is 11.5 Å². The van der Waals surface area contributed by atoms with E-state index in [0.29, 0.717) is 6.73 Å². The van der Waals surface area contributed by atoms with Crippen LogP contribution in [0.5, 0.6) is 0 Å². The number of hydrogen-bond acceptors (Lipinski definition) is 3. The van der Waals surface area contributed by atoms with Gasteiger partial charge in [-0.25, -0.2) is 4.68 Å². The number of pyridine rings is 1. The maximum Gasteiger partial charge on any atom is 0.140 e. The average Bonchev–Trinajstić information content (AvgIpc) is 3.03. The summed E-state index contributed by atoms with van der Waals surface area (Å²) in [6, 6.07) is 13.6. The van der Waals surface area contributed by atoms with Crippen molar-refractivity contribution in [2.75, 3.05) is 6.61 Å². The molecule has 0 unspecified atom stereocenters. The number of hydrogen-bond donors (Lipinski definition) is 0. The number of aryl methyl sites for hydroxylation is 1. The normalized spacial score (nSPS) is 11.7. The summed E-state index contributed by atoms with van der Waals surface area (Å²) in [6.45, 7) is 10.5. The number of ether oxygens (including phenoxy) is 1. The number of aromatic nitrogens is 3. The van der Waals surface area contributed by atoms with Crippen molar-refractivity contribution in [1.29, 1.82) is 0 Å². The highest BCUT2D eigenvalue weighted by Crippen LogP contribution is 2.33. The van der Waals surface area contributed by atoms with E-state index in [9.17, 15) is 0 Å². The molecule has 0 radical (unpaired) electrons. The van der Waals surface area contributed by atoms with E-state index in [4.69, 9.17) is 4.74 Å². The summed E-state index contributed by atoms with van der Waals surface area (Å²) in [5.41, 5.74) is 5.65. The molecule has 136 valence electrons. The van der Waals surface area contributed by atoms with Crippen molar-refractivity contribution in [2.24, 2.45) is 0 Å². The molecular weight excluding hydrogens is 338 g/mol. The lowest BCUT2D eigenvalue weighted by Crippen LogP contribution is -2.22. The van der Waals surface area contributed by atoms with Crippen LogP contribution in [0.4, 0.5) is 0 Å². The van der Waals surface area contributed by atoms with Gasteiger partial charge in [0.1, 0.15) is 6.73 Å². The van der Waals surface area contributed by atoms with Gasteiger partial charge >= 0.3 is 0 Å². The van der Waals surface area contributed by atoms with Crippen LogP contribution in [0.3, 0.4) is 0 Å². The van der Waals surface area contributed by atoms with Gasteiger partial charge in [0.2, 0.25) is 0 Å². The summed E-state index contributed by atoms with van der Waals surface area (Å²) in [6.07, 6.45) is 5.62. The molecule has 5 heteroatoms. The second kappa shape index (κ2) is 7.97. The molecule has 0 bridgehead atoms. The maximum absolute atomic E-state index is 5.95. The van der Waals surface area contributed by atoms with Crippen LogP contribution in [0.2, 0.25) is 25.7 Å². The van der Waals surface area contributed by atoms with Gasteiger partial charge in [-0.15, -0.1) is 0 Å². The molecule has 0 saturated carbocycles. The van der Waals surface area contributed by atoms with Crippen molar-refractivity contribution in [3.8, 4) is 22.4 Å². The molecule has 0 amide bonds. The zero-order valence-corrected chi connectivity index (χ0v) is 17.1. The first kappa shape index (κ1) is 18.5. The molecule has 2 heterocycles. The summed E-state index contributed by atoms with van der Waals surface area (Å²) in [4.78, 5) is 4.29. The minimum atomic E-state index is -1.09. The third-order valence-corrected chi connectivity index (χ3v) is 6.12. The van der Waals surface area contributed by atoms with E-state index in [-0.39, 0.29) is 0 Å². The van der Waals surface area contributed by atoms with E-state index in [0.717, 1.165) is 29.5 Å². The zero-order valence-electron chi connectivity index (χ0n) is 16.1. The van der Waals surface area contributed by atoms with Crippen molar-refractivity contribution in [1.82, 2.24) is 14.8 Å². The fraction of sp³-hybridized carbons (Fsp3) is 0.333. The molecule has 3 aromatic rings. The van der Waals surface area contributed by atoms with Crippen molar-refractivity contribution < 1.29 is 4.74 Å². The molecule has 1 aromatic carbocycles. The summed E-state index contributed by atoms with van der Waals surface area (Å²) in [5.74, 6) is 0. The second-order valence-electron chi connectivity index (χ2n) is 7.81. The van der Waals surface area contributed by atoms with E-state index in [1.807, 2.05) is 23.1 Å². The van der Waals surface area contributed by atoms with E-state index < -0.39 is 8.07 Å². The van der Waals surface area contributed by atoms with Gasteiger partial charge < -0.3 is 4.74 Å². The average molecular weight is 366 g/mol. The Morgan fingerprint density at radius 1 is 1.00 bits per heavy atom. The lowest BCUT2D eigenvalue weighted by atomic mass is 9.99. The maximum atomic E-state index is 5.95. The van der Waals surface area contributed by atoms with Crippen LogP contribution in [0.15, 0.2) is 55.0 Å². The molecule has 2 aromatic heterocycles. The smallest absolute Gasteiger partial charge is 0.140 e. The van der Waals surface area contributed by atoms with Crippen molar-refractivity contribution >= 4 is 8.07 Å². The molecule has 26 heavy (non-hydrogen) atoms. The molecule has 0 aliphatic carbocycles. The lowest BCUT2D eigenvalue weighted by molar-refractivity contribution is 0.0798. The van der Waals surface area contributed by atoms with Crippen molar-refractivity contribution in [2.45, 2.75) is 39.3 Å². The number of nitrogens with zero attached hydrogens (tertiary/aromatic N) is 3. The third kappa shape index (κ3) is 4.48. The largest absolute Gasteiger partial charge is 0.360 e. The van der Waals surface area contributed by atoms with E-state index in [1.54, 1.807) is 6.20 Å². The van der Waals surface area contributed by atoms with Crippen LogP contribution in [-0.4, -0.2) is 29.4 Å². The first-order chi connectivity index (χ1) is 12.5. The molecule has 4 nitrogen and oxygen atoms in total. The Morgan fingerprint density at radius 2 is 1.81 bits per heavy atom. The SMILES string of the molecule is Cc1ccccc1-c1cnn(COCC[Si](C)(C)C)c1-c1cccnc1. The lowest BCUT2D eigenvalue weighted by Gasteiger charge is -2.16. The molecule has 0 aliphatic rings. The molecular formula is C21H27N3OSi. The summed E-state index contributed by atoms with van der Waals surface area (Å²) >= 11 is 0. The Morgan fingerprint density at radius 3 is 2.50 bits per heavy atom. The van der Waals surface area contributed by atoms with E-state index >= 15 is 0 Å². The standard InChI is InChI=1S/C21H27N3OSi/c1-17-8-5-6-10-19(17)20-15-23-24(16-25-12-13-26(2,3)4)21(20)18-9-7-11-22-14-18/h5-11,14-15H,12-13,16H2,1-4H3. The second-order valence-corrected chi connectivity index (χ2v) is 13.4. The van der Waals surface area contributed by atoms with Gasteiger partial charge in [-0.3, -0.25) is 4.98 Å². The van der Waals surface area contributed by atoms with Gasteiger partial charge in [0.05, 0.1) is 11.9 Å².